The fraction of sp³-hybridized carbons (Fsp3) is 0.350. The average molecular weight is 488 g/mol. The van der Waals surface area contributed by atoms with Crippen LogP contribution in [0, 0.1) is 6.92 Å². The van der Waals surface area contributed by atoms with Crippen molar-refractivity contribution >= 4 is 45.2 Å². The van der Waals surface area contributed by atoms with Gasteiger partial charge in [0, 0.05) is 0 Å². The molecule has 1 amide bonds. The lowest BCUT2D eigenvalue weighted by molar-refractivity contribution is 0.143. The molecule has 0 bridgehead atoms. The Morgan fingerprint density at radius 3 is 2.48 bits per heavy atom. The van der Waals surface area contributed by atoms with Crippen molar-refractivity contribution in [3.8, 4) is 11.5 Å². The SMILES string of the molecule is Cc1ccc(Oc2c(Cl)cc(N3CC(CNS(N)(=O)=O)OC3=O)cc2Cl)cc1C(C)C. The van der Waals surface area contributed by atoms with Crippen LogP contribution in [-0.2, 0) is 14.9 Å². The summed E-state index contributed by atoms with van der Waals surface area (Å²) < 4.78 is 35.3. The van der Waals surface area contributed by atoms with E-state index >= 15 is 0 Å². The number of anilines is 1. The summed E-state index contributed by atoms with van der Waals surface area (Å²) in [7, 11) is -3.89. The molecule has 2 aromatic rings. The quantitative estimate of drug-likeness (QED) is 0.603. The molecule has 1 aliphatic heterocycles. The monoisotopic (exact) mass is 487 g/mol. The van der Waals surface area contributed by atoms with Gasteiger partial charge in [0.2, 0.25) is 0 Å². The van der Waals surface area contributed by atoms with Crippen molar-refractivity contribution in [2.75, 3.05) is 18.0 Å². The zero-order valence-corrected chi connectivity index (χ0v) is 19.5. The maximum Gasteiger partial charge on any atom is 0.414 e. The smallest absolute Gasteiger partial charge is 0.414 e. The number of nitrogens with two attached hydrogens (primary N) is 1. The van der Waals surface area contributed by atoms with Crippen LogP contribution in [0.5, 0.6) is 11.5 Å². The minimum absolute atomic E-state index is 0.101. The molecular formula is C20H23Cl2N3O5S. The maximum absolute atomic E-state index is 12.2. The number of hydrogen-bond donors (Lipinski definition) is 2. The lowest BCUT2D eigenvalue weighted by Gasteiger charge is -2.17. The molecule has 0 spiro atoms. The minimum Gasteiger partial charge on any atom is -0.454 e. The van der Waals surface area contributed by atoms with Crippen molar-refractivity contribution in [2.45, 2.75) is 32.8 Å². The Morgan fingerprint density at radius 2 is 1.90 bits per heavy atom. The molecule has 1 heterocycles. The molecule has 8 nitrogen and oxygen atoms in total. The van der Waals surface area contributed by atoms with Crippen LogP contribution in [0.2, 0.25) is 10.0 Å². The highest BCUT2D eigenvalue weighted by Crippen LogP contribution is 2.41. The van der Waals surface area contributed by atoms with Gasteiger partial charge in [-0.1, -0.05) is 43.1 Å². The summed E-state index contributed by atoms with van der Waals surface area (Å²) in [6, 6.07) is 8.83. The van der Waals surface area contributed by atoms with Gasteiger partial charge in [-0.2, -0.15) is 13.1 Å². The Bertz CT molecular complexity index is 1080. The average Bonchev–Trinajstić information content (AvgIpc) is 3.04. The molecule has 0 radical (unpaired) electrons. The Hall–Kier alpha value is -2.04. The maximum atomic E-state index is 12.2. The van der Waals surface area contributed by atoms with E-state index in [4.69, 9.17) is 37.8 Å². The summed E-state index contributed by atoms with van der Waals surface area (Å²) in [5.74, 6) is 1.20. The molecule has 3 N–H and O–H groups in total. The lowest BCUT2D eigenvalue weighted by atomic mass is 9.98. The van der Waals surface area contributed by atoms with Crippen molar-refractivity contribution in [3.05, 3.63) is 51.5 Å². The van der Waals surface area contributed by atoms with Crippen molar-refractivity contribution < 1.29 is 22.7 Å². The van der Waals surface area contributed by atoms with Gasteiger partial charge < -0.3 is 9.47 Å². The molecule has 0 saturated carbocycles. The Kier molecular flexibility index (Phi) is 7.02. The van der Waals surface area contributed by atoms with Crippen molar-refractivity contribution in [1.29, 1.82) is 0 Å². The fourth-order valence-corrected chi connectivity index (χ4v) is 4.24. The van der Waals surface area contributed by atoms with E-state index in [9.17, 15) is 13.2 Å². The first-order chi connectivity index (χ1) is 14.4. The van der Waals surface area contributed by atoms with Crippen LogP contribution < -0.4 is 19.5 Å². The number of amides is 1. The number of nitrogens with one attached hydrogen (secondary N) is 1. The molecule has 3 rings (SSSR count). The number of halogens is 2. The summed E-state index contributed by atoms with van der Waals surface area (Å²) in [6.45, 7) is 6.19. The standard InChI is InChI=1S/C20H23Cl2N3O5S/c1-11(2)16-8-14(5-4-12(16)3)29-19-17(21)6-13(7-18(19)22)25-10-15(30-20(25)26)9-24-31(23,27)28/h4-8,11,15,24H,9-10H2,1-3H3,(H2,23,27,28). The van der Waals surface area contributed by atoms with Crippen molar-refractivity contribution in [2.24, 2.45) is 5.14 Å². The van der Waals surface area contributed by atoms with E-state index in [0.717, 1.165) is 11.1 Å². The molecule has 1 atom stereocenters. The van der Waals surface area contributed by atoms with Crippen molar-refractivity contribution in [3.63, 3.8) is 0 Å². The third-order valence-electron chi connectivity index (χ3n) is 4.77. The molecule has 11 heteroatoms. The van der Waals surface area contributed by atoms with Crippen LogP contribution in [0.25, 0.3) is 0 Å². The van der Waals surface area contributed by atoms with Crippen LogP contribution in [0.1, 0.15) is 30.9 Å². The van der Waals surface area contributed by atoms with E-state index in [0.29, 0.717) is 17.4 Å². The number of benzene rings is 2. The molecule has 1 saturated heterocycles. The van der Waals surface area contributed by atoms with Gasteiger partial charge in [0.15, 0.2) is 5.75 Å². The van der Waals surface area contributed by atoms with Gasteiger partial charge in [0.1, 0.15) is 11.9 Å². The van der Waals surface area contributed by atoms with E-state index in [-0.39, 0.29) is 28.9 Å². The number of hydrogen-bond acceptors (Lipinski definition) is 5. The fourth-order valence-electron chi connectivity index (χ4n) is 3.27. The van der Waals surface area contributed by atoms with Crippen LogP contribution in [-0.4, -0.2) is 33.7 Å². The van der Waals surface area contributed by atoms with E-state index in [2.05, 4.69) is 18.6 Å². The van der Waals surface area contributed by atoms with Gasteiger partial charge in [-0.3, -0.25) is 4.90 Å². The number of carbonyl (C=O) groups is 1. The number of cyclic esters (lactones) is 1. The molecule has 1 aliphatic rings. The van der Waals surface area contributed by atoms with Gasteiger partial charge in [-0.05, 0) is 48.2 Å². The van der Waals surface area contributed by atoms with Crippen molar-refractivity contribution in [1.82, 2.24) is 4.72 Å². The van der Waals surface area contributed by atoms with E-state index in [1.54, 1.807) is 0 Å². The van der Waals surface area contributed by atoms with Crippen LogP contribution in [0.4, 0.5) is 10.5 Å². The topological polar surface area (TPSA) is 111 Å². The van der Waals surface area contributed by atoms with Gasteiger partial charge in [0.25, 0.3) is 10.2 Å². The third-order valence-corrected chi connectivity index (χ3v) is 5.90. The molecular weight excluding hydrogens is 465 g/mol. The molecule has 1 fully saturated rings. The highest BCUT2D eigenvalue weighted by molar-refractivity contribution is 7.87. The summed E-state index contributed by atoms with van der Waals surface area (Å²) in [5.41, 5.74) is 2.71. The Labute approximate surface area is 191 Å². The number of carbonyl (C=O) groups excluding carboxylic acids is 1. The predicted octanol–water partition coefficient (Wildman–Crippen LogP) is 4.34. The molecule has 168 valence electrons. The van der Waals surface area contributed by atoms with Gasteiger partial charge in [-0.15, -0.1) is 0 Å². The van der Waals surface area contributed by atoms with Gasteiger partial charge in [-0.25, -0.2) is 9.93 Å². The second-order valence-electron chi connectivity index (χ2n) is 7.52. The minimum atomic E-state index is -3.89. The lowest BCUT2D eigenvalue weighted by Crippen LogP contribution is -2.38. The molecule has 1 unspecified atom stereocenters. The van der Waals surface area contributed by atoms with Gasteiger partial charge >= 0.3 is 6.09 Å². The zero-order chi connectivity index (χ0) is 22.9. The van der Waals surface area contributed by atoms with Crippen LogP contribution in [0.3, 0.4) is 0 Å². The number of aryl methyl sites for hydroxylation is 1. The second-order valence-corrected chi connectivity index (χ2v) is 9.72. The molecule has 31 heavy (non-hydrogen) atoms. The first-order valence-electron chi connectivity index (χ1n) is 9.47. The largest absolute Gasteiger partial charge is 0.454 e. The summed E-state index contributed by atoms with van der Waals surface area (Å²) in [4.78, 5) is 13.5. The van der Waals surface area contributed by atoms with E-state index < -0.39 is 22.4 Å². The first-order valence-corrected chi connectivity index (χ1v) is 11.8. The highest BCUT2D eigenvalue weighted by Gasteiger charge is 2.33. The zero-order valence-electron chi connectivity index (χ0n) is 17.2. The first kappa shape index (κ1) is 23.6. The Balaban J connectivity index is 1.79. The molecule has 0 aromatic heterocycles. The highest BCUT2D eigenvalue weighted by atomic mass is 35.5. The molecule has 0 aliphatic carbocycles. The number of nitrogens with zero attached hydrogens (tertiary/aromatic N) is 1. The number of ether oxygens (including phenoxy) is 2. The Morgan fingerprint density at radius 1 is 1.26 bits per heavy atom. The van der Waals surface area contributed by atoms with Crippen LogP contribution in [0.15, 0.2) is 30.3 Å². The van der Waals surface area contributed by atoms with Crippen LogP contribution >= 0.6 is 23.2 Å². The van der Waals surface area contributed by atoms with E-state index in [1.165, 1.54) is 17.0 Å². The summed E-state index contributed by atoms with van der Waals surface area (Å²) >= 11 is 12.8. The normalized spacial score (nSPS) is 16.7. The summed E-state index contributed by atoms with van der Waals surface area (Å²) in [6.07, 6.45) is -1.36. The van der Waals surface area contributed by atoms with Gasteiger partial charge in [0.05, 0.1) is 28.8 Å². The summed E-state index contributed by atoms with van der Waals surface area (Å²) in [5, 5.41) is 5.34. The third kappa shape index (κ3) is 5.81. The van der Waals surface area contributed by atoms with E-state index in [1.807, 2.05) is 25.1 Å². The second kappa shape index (κ2) is 9.22. The predicted molar refractivity (Wildman–Crippen MR) is 121 cm³/mol. The number of rotatable bonds is 7. The molecule has 2 aromatic carbocycles.